The number of aliphatic hydroxyl groups is 1. The Balaban J connectivity index is 2.32. The van der Waals surface area contributed by atoms with E-state index in [0.717, 1.165) is 12.8 Å². The number of hydrogen-bond acceptors (Lipinski definition) is 3. The number of fused-ring (bicyclic) bond motifs is 2. The second-order valence-corrected chi connectivity index (χ2v) is 6.45. The van der Waals surface area contributed by atoms with Crippen LogP contribution in [0.25, 0.3) is 0 Å². The molecule has 4 nitrogen and oxygen atoms in total. The van der Waals surface area contributed by atoms with E-state index in [1.54, 1.807) is 19.0 Å². The molecule has 2 aliphatic rings. The molecule has 2 bridgehead atoms. The van der Waals surface area contributed by atoms with Crippen LogP contribution in [0.15, 0.2) is 0 Å². The fourth-order valence-electron chi connectivity index (χ4n) is 3.35. The molecule has 4 heteroatoms. The van der Waals surface area contributed by atoms with Crippen molar-refractivity contribution in [2.24, 2.45) is 5.41 Å². The molecular weight excluding hydrogens is 218 g/mol. The van der Waals surface area contributed by atoms with Crippen molar-refractivity contribution in [3.8, 4) is 0 Å². The molecule has 2 fully saturated rings. The summed E-state index contributed by atoms with van der Waals surface area (Å²) in [6, 6.07) is 0. The summed E-state index contributed by atoms with van der Waals surface area (Å²) in [5, 5.41) is 10.1. The molecule has 2 heterocycles. The Bertz CT molecular complexity index is 353. The van der Waals surface area contributed by atoms with Crippen molar-refractivity contribution in [3.63, 3.8) is 0 Å². The van der Waals surface area contributed by atoms with Gasteiger partial charge >= 0.3 is 0 Å². The summed E-state index contributed by atoms with van der Waals surface area (Å²) in [5.41, 5.74) is -1.54. The normalized spacial score (nSPS) is 40.7. The van der Waals surface area contributed by atoms with Crippen LogP contribution < -0.4 is 0 Å². The first-order valence-corrected chi connectivity index (χ1v) is 6.25. The molecule has 98 valence electrons. The van der Waals surface area contributed by atoms with Crippen molar-refractivity contribution in [1.29, 1.82) is 0 Å². The standard InChI is InChI=1S/C13H23NO3/c1-11(2,10(16)14(4)5)13-7-6-12(3,17-13)9(15)8-13/h9,15H,6-8H2,1-5H3/t9-,12+,13-/m0/s1. The molecule has 0 radical (unpaired) electrons. The molecule has 1 amide bonds. The molecule has 0 aromatic heterocycles. The molecule has 0 spiro atoms. The Kier molecular flexibility index (Phi) is 2.61. The summed E-state index contributed by atoms with van der Waals surface area (Å²) < 4.78 is 6.10. The lowest BCUT2D eigenvalue weighted by Crippen LogP contribution is -2.52. The molecule has 2 aliphatic heterocycles. The average Bonchev–Trinajstić information content (AvgIpc) is 2.69. The Labute approximate surface area is 103 Å². The third-order valence-electron chi connectivity index (χ3n) is 4.76. The van der Waals surface area contributed by atoms with Crippen LogP contribution in [0.2, 0.25) is 0 Å². The number of aliphatic hydroxyl groups excluding tert-OH is 1. The Morgan fingerprint density at radius 3 is 2.35 bits per heavy atom. The van der Waals surface area contributed by atoms with Gasteiger partial charge in [0.2, 0.25) is 5.91 Å². The van der Waals surface area contributed by atoms with Crippen LogP contribution in [0.3, 0.4) is 0 Å². The topological polar surface area (TPSA) is 49.8 Å². The van der Waals surface area contributed by atoms with Crippen molar-refractivity contribution in [2.45, 2.75) is 57.3 Å². The molecule has 0 aromatic carbocycles. The summed E-state index contributed by atoms with van der Waals surface area (Å²) in [6.45, 7) is 5.81. The molecule has 2 saturated heterocycles. The maximum Gasteiger partial charge on any atom is 0.230 e. The first kappa shape index (κ1) is 12.8. The van der Waals surface area contributed by atoms with Gasteiger partial charge in [-0.3, -0.25) is 4.79 Å². The maximum absolute atomic E-state index is 12.3. The fourth-order valence-corrected chi connectivity index (χ4v) is 3.35. The van der Waals surface area contributed by atoms with Gasteiger partial charge in [-0.1, -0.05) is 0 Å². The predicted molar refractivity (Wildman–Crippen MR) is 64.6 cm³/mol. The van der Waals surface area contributed by atoms with E-state index in [1.165, 1.54) is 0 Å². The first-order valence-electron chi connectivity index (χ1n) is 6.25. The zero-order valence-electron chi connectivity index (χ0n) is 11.4. The lowest BCUT2D eigenvalue weighted by molar-refractivity contribution is -0.160. The Hall–Kier alpha value is -0.610. The SMILES string of the molecule is CN(C)C(=O)C(C)(C)[C@@]12CC[C@@](C)(O1)[C@@H](O)C2. The van der Waals surface area contributed by atoms with E-state index < -0.39 is 22.7 Å². The van der Waals surface area contributed by atoms with Crippen LogP contribution in [0.1, 0.15) is 40.0 Å². The number of amides is 1. The average molecular weight is 241 g/mol. The summed E-state index contributed by atoms with van der Waals surface area (Å²) in [5.74, 6) is 0.0656. The van der Waals surface area contributed by atoms with Crippen LogP contribution >= 0.6 is 0 Å². The van der Waals surface area contributed by atoms with Gasteiger partial charge in [-0.05, 0) is 33.6 Å². The number of rotatable bonds is 2. The van der Waals surface area contributed by atoms with E-state index in [0.29, 0.717) is 6.42 Å². The molecule has 1 N–H and O–H groups in total. The van der Waals surface area contributed by atoms with Gasteiger partial charge in [0, 0.05) is 20.5 Å². The van der Waals surface area contributed by atoms with E-state index in [4.69, 9.17) is 4.74 Å². The van der Waals surface area contributed by atoms with Gasteiger partial charge in [-0.15, -0.1) is 0 Å². The lowest BCUT2D eigenvalue weighted by Gasteiger charge is -2.41. The van der Waals surface area contributed by atoms with Gasteiger partial charge in [0.25, 0.3) is 0 Å². The molecule has 0 aromatic rings. The maximum atomic E-state index is 12.3. The van der Waals surface area contributed by atoms with E-state index in [9.17, 15) is 9.90 Å². The summed E-state index contributed by atoms with van der Waals surface area (Å²) in [7, 11) is 3.53. The number of hydrogen-bond donors (Lipinski definition) is 1. The highest BCUT2D eigenvalue weighted by Crippen LogP contribution is 2.58. The quantitative estimate of drug-likeness (QED) is 0.789. The second kappa shape index (κ2) is 3.45. The highest BCUT2D eigenvalue weighted by atomic mass is 16.6. The number of carbonyl (C=O) groups is 1. The number of nitrogens with zero attached hydrogens (tertiary/aromatic N) is 1. The number of carbonyl (C=O) groups excluding carboxylic acids is 1. The smallest absolute Gasteiger partial charge is 0.230 e. The zero-order chi connectivity index (χ0) is 13.1. The first-order chi connectivity index (χ1) is 7.65. The molecule has 3 atom stereocenters. The van der Waals surface area contributed by atoms with Crippen molar-refractivity contribution in [1.82, 2.24) is 4.90 Å². The molecule has 0 saturated carbocycles. The van der Waals surface area contributed by atoms with E-state index >= 15 is 0 Å². The van der Waals surface area contributed by atoms with E-state index in [1.807, 2.05) is 20.8 Å². The van der Waals surface area contributed by atoms with Gasteiger partial charge < -0.3 is 14.7 Å². The molecule has 17 heavy (non-hydrogen) atoms. The predicted octanol–water partition coefficient (Wildman–Crippen LogP) is 1.17. The lowest BCUT2D eigenvalue weighted by atomic mass is 9.66. The second-order valence-electron chi connectivity index (χ2n) is 6.45. The minimum atomic E-state index is -0.592. The monoisotopic (exact) mass is 241 g/mol. The van der Waals surface area contributed by atoms with Crippen LogP contribution in [0.5, 0.6) is 0 Å². The van der Waals surface area contributed by atoms with Gasteiger partial charge in [0.1, 0.15) is 0 Å². The summed E-state index contributed by atoms with van der Waals surface area (Å²) in [6.07, 6.45) is 1.80. The molecule has 2 rings (SSSR count). The van der Waals surface area contributed by atoms with Gasteiger partial charge in [0.05, 0.1) is 22.7 Å². The Morgan fingerprint density at radius 2 is 2.00 bits per heavy atom. The van der Waals surface area contributed by atoms with Crippen LogP contribution in [-0.4, -0.2) is 47.3 Å². The van der Waals surface area contributed by atoms with Crippen molar-refractivity contribution in [2.75, 3.05) is 14.1 Å². The highest BCUT2D eigenvalue weighted by molar-refractivity contribution is 5.83. The van der Waals surface area contributed by atoms with Gasteiger partial charge in [0.15, 0.2) is 0 Å². The Morgan fingerprint density at radius 1 is 1.41 bits per heavy atom. The van der Waals surface area contributed by atoms with Crippen LogP contribution in [-0.2, 0) is 9.53 Å². The minimum absolute atomic E-state index is 0.0656. The third-order valence-corrected chi connectivity index (χ3v) is 4.76. The van der Waals surface area contributed by atoms with Crippen LogP contribution in [0.4, 0.5) is 0 Å². The fraction of sp³-hybridized carbons (Fsp3) is 0.923. The third kappa shape index (κ3) is 1.54. The number of ether oxygens (including phenoxy) is 1. The van der Waals surface area contributed by atoms with Crippen molar-refractivity contribution < 1.29 is 14.6 Å². The minimum Gasteiger partial charge on any atom is -0.390 e. The summed E-state index contributed by atoms with van der Waals surface area (Å²) >= 11 is 0. The molecule has 0 unspecified atom stereocenters. The van der Waals surface area contributed by atoms with E-state index in [-0.39, 0.29) is 5.91 Å². The van der Waals surface area contributed by atoms with Gasteiger partial charge in [-0.2, -0.15) is 0 Å². The van der Waals surface area contributed by atoms with Crippen molar-refractivity contribution in [3.05, 3.63) is 0 Å². The van der Waals surface area contributed by atoms with E-state index in [2.05, 4.69) is 0 Å². The molecule has 0 aliphatic carbocycles. The largest absolute Gasteiger partial charge is 0.390 e. The summed E-state index contributed by atoms with van der Waals surface area (Å²) in [4.78, 5) is 13.9. The molecular formula is C13H23NO3. The van der Waals surface area contributed by atoms with Crippen LogP contribution in [0, 0.1) is 5.41 Å². The zero-order valence-corrected chi connectivity index (χ0v) is 11.4. The highest BCUT2D eigenvalue weighted by Gasteiger charge is 2.66. The van der Waals surface area contributed by atoms with Gasteiger partial charge in [-0.25, -0.2) is 0 Å². The van der Waals surface area contributed by atoms with Crippen molar-refractivity contribution >= 4 is 5.91 Å².